The SMILES string of the molecule is CCCCCCC(=O)N[C@H](CN1CCCC1)[C@H](O)c1ccc(C(F)(F)F)cc1. The topological polar surface area (TPSA) is 52.6 Å². The molecule has 1 aliphatic heterocycles. The van der Waals surface area contributed by atoms with Crippen molar-refractivity contribution in [3.63, 3.8) is 0 Å². The van der Waals surface area contributed by atoms with Crippen molar-refractivity contribution in [1.29, 1.82) is 0 Å². The molecule has 1 fully saturated rings. The van der Waals surface area contributed by atoms with Crippen LogP contribution in [0.3, 0.4) is 0 Å². The number of aliphatic hydroxyl groups is 1. The summed E-state index contributed by atoms with van der Waals surface area (Å²) in [4.78, 5) is 14.5. The zero-order valence-corrected chi connectivity index (χ0v) is 16.5. The van der Waals surface area contributed by atoms with Gasteiger partial charge in [0.05, 0.1) is 11.6 Å². The van der Waals surface area contributed by atoms with Crippen LogP contribution in [-0.2, 0) is 11.0 Å². The molecule has 0 aliphatic carbocycles. The molecule has 0 spiro atoms. The highest BCUT2D eigenvalue weighted by Crippen LogP contribution is 2.30. The van der Waals surface area contributed by atoms with Crippen LogP contribution in [0.2, 0.25) is 0 Å². The van der Waals surface area contributed by atoms with Crippen LogP contribution >= 0.6 is 0 Å². The average molecular weight is 400 g/mol. The molecule has 2 N–H and O–H groups in total. The quantitative estimate of drug-likeness (QED) is 0.576. The number of hydrogen-bond acceptors (Lipinski definition) is 3. The average Bonchev–Trinajstić information content (AvgIpc) is 3.17. The zero-order valence-electron chi connectivity index (χ0n) is 16.5. The molecule has 0 saturated carbocycles. The van der Waals surface area contributed by atoms with Gasteiger partial charge in [-0.05, 0) is 50.0 Å². The second-order valence-corrected chi connectivity index (χ2v) is 7.56. The number of nitrogens with zero attached hydrogens (tertiary/aromatic N) is 1. The molecule has 4 nitrogen and oxygen atoms in total. The number of carbonyl (C=O) groups is 1. The van der Waals surface area contributed by atoms with E-state index in [4.69, 9.17) is 0 Å². The van der Waals surface area contributed by atoms with Gasteiger partial charge in [-0.2, -0.15) is 13.2 Å². The Kier molecular flexibility index (Phi) is 8.76. The molecule has 1 aromatic rings. The number of hydrogen-bond donors (Lipinski definition) is 2. The Balaban J connectivity index is 2.03. The van der Waals surface area contributed by atoms with E-state index in [0.29, 0.717) is 18.5 Å². The number of aliphatic hydroxyl groups excluding tert-OH is 1. The lowest BCUT2D eigenvalue weighted by molar-refractivity contribution is -0.137. The molecule has 1 amide bonds. The third-order valence-electron chi connectivity index (χ3n) is 5.22. The molecule has 0 radical (unpaired) electrons. The van der Waals surface area contributed by atoms with Crippen molar-refractivity contribution in [2.45, 2.75) is 70.2 Å². The largest absolute Gasteiger partial charge is 0.416 e. The van der Waals surface area contributed by atoms with E-state index in [0.717, 1.165) is 63.7 Å². The second kappa shape index (κ2) is 10.8. The van der Waals surface area contributed by atoms with Crippen LogP contribution < -0.4 is 5.32 Å². The number of carbonyl (C=O) groups excluding carboxylic acids is 1. The third kappa shape index (κ3) is 7.09. The highest BCUT2D eigenvalue weighted by molar-refractivity contribution is 5.76. The van der Waals surface area contributed by atoms with E-state index >= 15 is 0 Å². The summed E-state index contributed by atoms with van der Waals surface area (Å²) in [6, 6.07) is 3.97. The molecule has 1 aromatic carbocycles. The molecule has 0 bridgehead atoms. The van der Waals surface area contributed by atoms with E-state index < -0.39 is 23.9 Å². The molecule has 2 rings (SSSR count). The lowest BCUT2D eigenvalue weighted by Crippen LogP contribution is -2.46. The van der Waals surface area contributed by atoms with Crippen LogP contribution in [0.15, 0.2) is 24.3 Å². The van der Waals surface area contributed by atoms with Gasteiger partial charge in [0.25, 0.3) is 0 Å². The molecule has 7 heteroatoms. The second-order valence-electron chi connectivity index (χ2n) is 7.56. The number of amides is 1. The Hall–Kier alpha value is -1.60. The first-order chi connectivity index (χ1) is 13.3. The van der Waals surface area contributed by atoms with E-state index in [9.17, 15) is 23.1 Å². The molecular formula is C21H31F3N2O2. The smallest absolute Gasteiger partial charge is 0.386 e. The Morgan fingerprint density at radius 2 is 1.79 bits per heavy atom. The highest BCUT2D eigenvalue weighted by Gasteiger charge is 2.31. The van der Waals surface area contributed by atoms with Gasteiger partial charge in [0.2, 0.25) is 5.91 Å². The Labute approximate surface area is 165 Å². The summed E-state index contributed by atoms with van der Waals surface area (Å²) < 4.78 is 38.3. The number of alkyl halides is 3. The standard InChI is InChI=1S/C21H31F3N2O2/c1-2-3-4-5-8-19(27)25-18(15-26-13-6-7-14-26)20(28)16-9-11-17(12-10-16)21(22,23)24/h9-12,18,20,28H,2-8,13-15H2,1H3,(H,25,27)/t18-,20-/m1/s1. The normalized spacial score (nSPS) is 17.5. The number of nitrogens with one attached hydrogen (secondary N) is 1. The Bertz CT molecular complexity index is 599. The van der Waals surface area contributed by atoms with Crippen molar-refractivity contribution < 1.29 is 23.1 Å². The first-order valence-electron chi connectivity index (χ1n) is 10.2. The summed E-state index contributed by atoms with van der Waals surface area (Å²) in [6.45, 7) is 4.40. The molecule has 158 valence electrons. The van der Waals surface area contributed by atoms with Crippen molar-refractivity contribution >= 4 is 5.91 Å². The Morgan fingerprint density at radius 1 is 1.14 bits per heavy atom. The molecule has 0 aromatic heterocycles. The van der Waals surface area contributed by atoms with Gasteiger partial charge in [-0.1, -0.05) is 38.3 Å². The Morgan fingerprint density at radius 3 is 2.36 bits per heavy atom. The first kappa shape index (κ1) is 22.7. The van der Waals surface area contributed by atoms with Gasteiger partial charge < -0.3 is 15.3 Å². The number of unbranched alkanes of at least 4 members (excludes halogenated alkanes) is 3. The van der Waals surface area contributed by atoms with Crippen LogP contribution in [0.4, 0.5) is 13.2 Å². The molecular weight excluding hydrogens is 369 g/mol. The summed E-state index contributed by atoms with van der Waals surface area (Å²) in [6.07, 6.45) is 1.05. The van der Waals surface area contributed by atoms with Crippen molar-refractivity contribution in [1.82, 2.24) is 10.2 Å². The number of likely N-dealkylation sites (tertiary alicyclic amines) is 1. The fraction of sp³-hybridized carbons (Fsp3) is 0.667. The predicted molar refractivity (Wildman–Crippen MR) is 103 cm³/mol. The van der Waals surface area contributed by atoms with Gasteiger partial charge in [-0.3, -0.25) is 4.79 Å². The first-order valence-corrected chi connectivity index (χ1v) is 10.2. The van der Waals surface area contributed by atoms with E-state index in [2.05, 4.69) is 17.1 Å². The number of rotatable bonds is 10. The predicted octanol–water partition coefficient (Wildman–Crippen LogP) is 4.29. The summed E-state index contributed by atoms with van der Waals surface area (Å²) in [5.74, 6) is -0.119. The van der Waals surface area contributed by atoms with Gasteiger partial charge in [0.1, 0.15) is 6.10 Å². The maximum atomic E-state index is 12.8. The maximum Gasteiger partial charge on any atom is 0.416 e. The van der Waals surface area contributed by atoms with Crippen LogP contribution in [0.1, 0.15) is 69.1 Å². The van der Waals surface area contributed by atoms with Gasteiger partial charge in [-0.25, -0.2) is 0 Å². The zero-order chi connectivity index (χ0) is 20.6. The molecule has 28 heavy (non-hydrogen) atoms. The monoisotopic (exact) mass is 400 g/mol. The minimum atomic E-state index is -4.41. The molecule has 1 heterocycles. The van der Waals surface area contributed by atoms with Crippen LogP contribution in [0, 0.1) is 0 Å². The third-order valence-corrected chi connectivity index (χ3v) is 5.22. The van der Waals surface area contributed by atoms with E-state index in [1.165, 1.54) is 12.1 Å². The lowest BCUT2D eigenvalue weighted by Gasteiger charge is -2.29. The van der Waals surface area contributed by atoms with Crippen molar-refractivity contribution in [2.24, 2.45) is 0 Å². The lowest BCUT2D eigenvalue weighted by atomic mass is 9.99. The molecule has 1 saturated heterocycles. The highest BCUT2D eigenvalue weighted by atomic mass is 19.4. The van der Waals surface area contributed by atoms with Crippen LogP contribution in [0.5, 0.6) is 0 Å². The summed E-state index contributed by atoms with van der Waals surface area (Å²) >= 11 is 0. The molecule has 0 unspecified atom stereocenters. The minimum Gasteiger partial charge on any atom is -0.386 e. The van der Waals surface area contributed by atoms with E-state index in [1.807, 2.05) is 0 Å². The molecule has 2 atom stereocenters. The van der Waals surface area contributed by atoms with Crippen LogP contribution in [0.25, 0.3) is 0 Å². The fourth-order valence-electron chi connectivity index (χ4n) is 3.56. The van der Waals surface area contributed by atoms with Crippen molar-refractivity contribution in [3.05, 3.63) is 35.4 Å². The summed E-state index contributed by atoms with van der Waals surface area (Å²) in [5.41, 5.74) is -0.372. The van der Waals surface area contributed by atoms with E-state index in [-0.39, 0.29) is 5.91 Å². The van der Waals surface area contributed by atoms with E-state index in [1.54, 1.807) is 0 Å². The summed E-state index contributed by atoms with van der Waals surface area (Å²) in [7, 11) is 0. The molecule has 1 aliphatic rings. The minimum absolute atomic E-state index is 0.119. The number of halogens is 3. The van der Waals surface area contributed by atoms with Gasteiger partial charge in [0, 0.05) is 13.0 Å². The van der Waals surface area contributed by atoms with Crippen molar-refractivity contribution in [2.75, 3.05) is 19.6 Å². The number of benzene rings is 1. The summed E-state index contributed by atoms with van der Waals surface area (Å²) in [5, 5.41) is 13.7. The fourth-order valence-corrected chi connectivity index (χ4v) is 3.56. The van der Waals surface area contributed by atoms with Gasteiger partial charge in [0.15, 0.2) is 0 Å². The maximum absolute atomic E-state index is 12.8. The van der Waals surface area contributed by atoms with Crippen molar-refractivity contribution in [3.8, 4) is 0 Å². The van der Waals surface area contributed by atoms with Gasteiger partial charge >= 0.3 is 6.18 Å². The van der Waals surface area contributed by atoms with Gasteiger partial charge in [-0.15, -0.1) is 0 Å². The van der Waals surface area contributed by atoms with Crippen LogP contribution in [-0.4, -0.2) is 41.6 Å².